The van der Waals surface area contributed by atoms with Crippen LogP contribution in [0.4, 0.5) is 4.39 Å². The molecular weight excluding hydrogens is 281 g/mol. The van der Waals surface area contributed by atoms with E-state index in [4.69, 9.17) is 4.74 Å². The SMILES string of the molecule is CC(C#N)=C1c2ccc(CO)cc2COc2cc(F)ccc21. The molecule has 22 heavy (non-hydrogen) atoms. The first kappa shape index (κ1) is 14.3. The lowest BCUT2D eigenvalue weighted by Crippen LogP contribution is -1.98. The Labute approximate surface area is 127 Å². The number of benzene rings is 2. The van der Waals surface area contributed by atoms with Crippen molar-refractivity contribution in [3.63, 3.8) is 0 Å². The summed E-state index contributed by atoms with van der Waals surface area (Å²) in [6.07, 6.45) is 0. The zero-order chi connectivity index (χ0) is 15.7. The van der Waals surface area contributed by atoms with Crippen molar-refractivity contribution in [3.05, 3.63) is 70.0 Å². The van der Waals surface area contributed by atoms with Crippen molar-refractivity contribution in [2.45, 2.75) is 20.1 Å². The molecule has 1 heterocycles. The molecule has 0 saturated heterocycles. The normalized spacial score (nSPS) is 15.0. The number of rotatable bonds is 1. The first-order valence-electron chi connectivity index (χ1n) is 6.90. The molecule has 0 radical (unpaired) electrons. The number of aliphatic hydroxyl groups excluding tert-OH is 1. The van der Waals surface area contributed by atoms with Crippen LogP contribution in [-0.2, 0) is 13.2 Å². The molecule has 0 aromatic heterocycles. The number of allylic oxidation sites excluding steroid dienone is 1. The van der Waals surface area contributed by atoms with E-state index in [-0.39, 0.29) is 19.0 Å². The summed E-state index contributed by atoms with van der Waals surface area (Å²) in [5.41, 5.74) is 4.50. The van der Waals surface area contributed by atoms with Crippen molar-refractivity contribution < 1.29 is 14.2 Å². The van der Waals surface area contributed by atoms with Gasteiger partial charge < -0.3 is 9.84 Å². The second kappa shape index (κ2) is 5.63. The predicted molar refractivity (Wildman–Crippen MR) is 80.4 cm³/mol. The fourth-order valence-electron chi connectivity index (χ4n) is 2.69. The van der Waals surface area contributed by atoms with Crippen LogP contribution < -0.4 is 4.74 Å². The van der Waals surface area contributed by atoms with E-state index in [1.165, 1.54) is 12.1 Å². The highest BCUT2D eigenvalue weighted by Crippen LogP contribution is 2.39. The van der Waals surface area contributed by atoms with E-state index in [1.54, 1.807) is 13.0 Å². The van der Waals surface area contributed by atoms with Gasteiger partial charge in [-0.1, -0.05) is 12.1 Å². The zero-order valence-corrected chi connectivity index (χ0v) is 12.1. The number of hydrogen-bond donors (Lipinski definition) is 1. The third-order valence-electron chi connectivity index (χ3n) is 3.76. The van der Waals surface area contributed by atoms with Gasteiger partial charge in [-0.3, -0.25) is 0 Å². The summed E-state index contributed by atoms with van der Waals surface area (Å²) in [4.78, 5) is 0. The van der Waals surface area contributed by atoms with Crippen molar-refractivity contribution in [1.82, 2.24) is 0 Å². The van der Waals surface area contributed by atoms with Gasteiger partial charge in [0.2, 0.25) is 0 Å². The zero-order valence-electron chi connectivity index (χ0n) is 12.1. The number of halogens is 1. The highest BCUT2D eigenvalue weighted by molar-refractivity contribution is 5.88. The van der Waals surface area contributed by atoms with Gasteiger partial charge in [-0.15, -0.1) is 0 Å². The van der Waals surface area contributed by atoms with Gasteiger partial charge in [0, 0.05) is 22.8 Å². The van der Waals surface area contributed by atoms with Gasteiger partial charge in [0.1, 0.15) is 18.2 Å². The maximum atomic E-state index is 13.5. The molecule has 110 valence electrons. The maximum absolute atomic E-state index is 13.5. The molecule has 3 rings (SSSR count). The highest BCUT2D eigenvalue weighted by Gasteiger charge is 2.22. The average Bonchev–Trinajstić information content (AvgIpc) is 2.70. The van der Waals surface area contributed by atoms with Gasteiger partial charge in [0.05, 0.1) is 12.7 Å². The maximum Gasteiger partial charge on any atom is 0.130 e. The quantitative estimate of drug-likeness (QED) is 0.818. The Morgan fingerprint density at radius 1 is 1.27 bits per heavy atom. The minimum absolute atomic E-state index is 0.0643. The molecule has 0 aliphatic carbocycles. The molecule has 3 nitrogen and oxygen atoms in total. The highest BCUT2D eigenvalue weighted by atomic mass is 19.1. The summed E-state index contributed by atoms with van der Waals surface area (Å²) in [5.74, 6) is 0.0427. The Morgan fingerprint density at radius 2 is 2.05 bits per heavy atom. The van der Waals surface area contributed by atoms with E-state index in [2.05, 4.69) is 6.07 Å². The second-order valence-electron chi connectivity index (χ2n) is 5.19. The lowest BCUT2D eigenvalue weighted by molar-refractivity contribution is 0.280. The summed E-state index contributed by atoms with van der Waals surface area (Å²) in [6, 6.07) is 12.0. The molecule has 2 aromatic carbocycles. The van der Waals surface area contributed by atoms with Gasteiger partial charge >= 0.3 is 0 Å². The predicted octanol–water partition coefficient (Wildman–Crippen LogP) is 3.56. The molecule has 1 aliphatic heterocycles. The van der Waals surface area contributed by atoms with Gasteiger partial charge in [-0.05, 0) is 41.8 Å². The molecule has 0 fully saturated rings. The van der Waals surface area contributed by atoms with Crippen LogP contribution >= 0.6 is 0 Å². The number of nitriles is 1. The first-order valence-corrected chi connectivity index (χ1v) is 6.90. The Kier molecular flexibility index (Phi) is 3.66. The Balaban J connectivity index is 2.30. The molecule has 0 amide bonds. The topological polar surface area (TPSA) is 53.2 Å². The summed E-state index contributed by atoms with van der Waals surface area (Å²) >= 11 is 0. The monoisotopic (exact) mass is 295 g/mol. The van der Waals surface area contributed by atoms with Crippen molar-refractivity contribution >= 4 is 5.57 Å². The van der Waals surface area contributed by atoms with E-state index in [9.17, 15) is 14.8 Å². The van der Waals surface area contributed by atoms with Gasteiger partial charge in [-0.25, -0.2) is 4.39 Å². The molecular formula is C18H14FNO2. The number of fused-ring (bicyclic) bond motifs is 2. The van der Waals surface area contributed by atoms with E-state index >= 15 is 0 Å². The summed E-state index contributed by atoms with van der Waals surface area (Å²) < 4.78 is 19.2. The standard InChI is InChI=1S/C18H14FNO2/c1-11(8-20)18-15-4-2-12(9-21)6-13(15)10-22-17-7-14(19)3-5-16(17)18/h2-7,21H,9-10H2,1H3. The number of ether oxygens (including phenoxy) is 1. The number of nitrogens with zero attached hydrogens (tertiary/aromatic N) is 1. The van der Waals surface area contributed by atoms with Gasteiger partial charge in [-0.2, -0.15) is 5.26 Å². The van der Waals surface area contributed by atoms with Crippen LogP contribution in [0.15, 0.2) is 42.0 Å². The van der Waals surface area contributed by atoms with Crippen molar-refractivity contribution in [3.8, 4) is 11.8 Å². The average molecular weight is 295 g/mol. The molecule has 2 aromatic rings. The summed E-state index contributed by atoms with van der Waals surface area (Å²) in [6.45, 7) is 1.94. The van der Waals surface area contributed by atoms with E-state index < -0.39 is 0 Å². The van der Waals surface area contributed by atoms with Gasteiger partial charge in [0.15, 0.2) is 0 Å². The van der Waals surface area contributed by atoms with Crippen LogP contribution in [-0.4, -0.2) is 5.11 Å². The third-order valence-corrected chi connectivity index (χ3v) is 3.76. The minimum atomic E-state index is -0.380. The smallest absolute Gasteiger partial charge is 0.130 e. The molecule has 0 unspecified atom stereocenters. The lowest BCUT2D eigenvalue weighted by Gasteiger charge is -2.12. The number of hydrogen-bond acceptors (Lipinski definition) is 3. The van der Waals surface area contributed by atoms with Crippen molar-refractivity contribution in [2.75, 3.05) is 0 Å². The van der Waals surface area contributed by atoms with E-state index in [0.717, 1.165) is 22.3 Å². The molecule has 0 saturated carbocycles. The van der Waals surface area contributed by atoms with Crippen LogP contribution in [0.2, 0.25) is 0 Å². The summed E-state index contributed by atoms with van der Waals surface area (Å²) in [5, 5.41) is 18.6. The molecule has 1 aliphatic rings. The molecule has 0 spiro atoms. The van der Waals surface area contributed by atoms with Crippen molar-refractivity contribution in [2.24, 2.45) is 0 Å². The molecule has 4 heteroatoms. The fraction of sp³-hybridized carbons (Fsp3) is 0.167. The van der Waals surface area contributed by atoms with Crippen LogP contribution in [0.1, 0.15) is 29.2 Å². The largest absolute Gasteiger partial charge is 0.488 e. The molecule has 0 bridgehead atoms. The second-order valence-corrected chi connectivity index (χ2v) is 5.19. The Bertz CT molecular complexity index is 818. The fourth-order valence-corrected chi connectivity index (χ4v) is 2.69. The van der Waals surface area contributed by atoms with E-state index in [1.807, 2.05) is 18.2 Å². The lowest BCUT2D eigenvalue weighted by atomic mass is 9.90. The van der Waals surface area contributed by atoms with Crippen LogP contribution in [0.5, 0.6) is 5.75 Å². The minimum Gasteiger partial charge on any atom is -0.488 e. The first-order chi connectivity index (χ1) is 10.6. The summed E-state index contributed by atoms with van der Waals surface area (Å²) in [7, 11) is 0. The Hall–Kier alpha value is -2.64. The van der Waals surface area contributed by atoms with E-state index in [0.29, 0.717) is 16.9 Å². The van der Waals surface area contributed by atoms with Crippen LogP contribution in [0.3, 0.4) is 0 Å². The Morgan fingerprint density at radius 3 is 2.77 bits per heavy atom. The van der Waals surface area contributed by atoms with Crippen molar-refractivity contribution in [1.29, 1.82) is 5.26 Å². The van der Waals surface area contributed by atoms with Gasteiger partial charge in [0.25, 0.3) is 0 Å². The number of aliphatic hydroxyl groups is 1. The van der Waals surface area contributed by atoms with Crippen LogP contribution in [0.25, 0.3) is 5.57 Å². The molecule has 1 N–H and O–H groups in total. The molecule has 0 atom stereocenters. The van der Waals surface area contributed by atoms with Crippen LogP contribution in [0, 0.1) is 17.1 Å². The third kappa shape index (κ3) is 2.36.